The first-order chi connectivity index (χ1) is 12.3. The summed E-state index contributed by atoms with van der Waals surface area (Å²) in [5.41, 5.74) is 1.07. The molecule has 1 unspecified atom stereocenters. The summed E-state index contributed by atoms with van der Waals surface area (Å²) < 4.78 is 41.5. The number of hydrogen-bond donors (Lipinski definition) is 1. The van der Waals surface area contributed by atoms with Gasteiger partial charge in [-0.25, -0.2) is 9.97 Å². The van der Waals surface area contributed by atoms with Gasteiger partial charge in [0.15, 0.2) is 0 Å². The number of carbonyl (C=O) groups is 1. The van der Waals surface area contributed by atoms with Gasteiger partial charge in [-0.3, -0.25) is 4.79 Å². The maximum Gasteiger partial charge on any atom is 0.471 e. The molecule has 0 aliphatic rings. The van der Waals surface area contributed by atoms with E-state index in [9.17, 15) is 18.0 Å². The fraction of sp³-hybridized carbons (Fsp3) is 0.188. The van der Waals surface area contributed by atoms with E-state index in [1.807, 2.05) is 37.3 Å². The van der Waals surface area contributed by atoms with Crippen LogP contribution in [0.15, 0.2) is 47.2 Å². The summed E-state index contributed by atoms with van der Waals surface area (Å²) in [6.07, 6.45) is -2.39. The average molecular weight is 363 g/mol. The number of amides is 1. The molecule has 3 aromatic rings. The SMILES string of the molecule is CC(NC(=O)c1cnc(-c2noc(C(F)(F)F)n2)nc1)c1ccccc1. The summed E-state index contributed by atoms with van der Waals surface area (Å²) in [6, 6.07) is 9.09. The van der Waals surface area contributed by atoms with Gasteiger partial charge in [-0.1, -0.05) is 35.5 Å². The first-order valence-corrected chi connectivity index (χ1v) is 7.43. The third kappa shape index (κ3) is 3.85. The highest BCUT2D eigenvalue weighted by atomic mass is 19.4. The molecule has 0 spiro atoms. The van der Waals surface area contributed by atoms with E-state index in [4.69, 9.17) is 0 Å². The minimum Gasteiger partial charge on any atom is -0.345 e. The van der Waals surface area contributed by atoms with Gasteiger partial charge < -0.3 is 9.84 Å². The zero-order valence-corrected chi connectivity index (χ0v) is 13.4. The molecule has 1 N–H and O–H groups in total. The van der Waals surface area contributed by atoms with Crippen LogP contribution in [0.25, 0.3) is 11.6 Å². The number of rotatable bonds is 4. The lowest BCUT2D eigenvalue weighted by Gasteiger charge is -2.13. The number of halogens is 3. The van der Waals surface area contributed by atoms with Gasteiger partial charge in [-0.2, -0.15) is 18.2 Å². The molecule has 0 fully saturated rings. The quantitative estimate of drug-likeness (QED) is 0.766. The maximum atomic E-state index is 12.5. The Labute approximate surface area is 145 Å². The molecule has 0 aliphatic heterocycles. The number of hydrogen-bond acceptors (Lipinski definition) is 6. The van der Waals surface area contributed by atoms with Gasteiger partial charge in [0.05, 0.1) is 11.6 Å². The van der Waals surface area contributed by atoms with Crippen LogP contribution in [0, 0.1) is 0 Å². The summed E-state index contributed by atoms with van der Waals surface area (Å²) >= 11 is 0. The fourth-order valence-corrected chi connectivity index (χ4v) is 2.10. The second-order valence-corrected chi connectivity index (χ2v) is 5.32. The highest BCUT2D eigenvalue weighted by Gasteiger charge is 2.38. The number of benzene rings is 1. The lowest BCUT2D eigenvalue weighted by Crippen LogP contribution is -2.26. The van der Waals surface area contributed by atoms with Crippen LogP contribution < -0.4 is 5.32 Å². The highest BCUT2D eigenvalue weighted by molar-refractivity contribution is 5.93. The molecular weight excluding hydrogens is 351 g/mol. The van der Waals surface area contributed by atoms with Crippen LogP contribution in [0.4, 0.5) is 13.2 Å². The first kappa shape index (κ1) is 17.5. The van der Waals surface area contributed by atoms with Crippen molar-refractivity contribution in [2.24, 2.45) is 0 Å². The Kier molecular flexibility index (Phi) is 4.65. The van der Waals surface area contributed by atoms with Crippen molar-refractivity contribution in [2.75, 3.05) is 0 Å². The number of alkyl halides is 3. The van der Waals surface area contributed by atoms with Gasteiger partial charge in [0.2, 0.25) is 11.6 Å². The summed E-state index contributed by atoms with van der Waals surface area (Å²) in [4.78, 5) is 23.1. The van der Waals surface area contributed by atoms with E-state index in [1.54, 1.807) is 0 Å². The molecule has 3 rings (SSSR count). The molecule has 0 bridgehead atoms. The van der Waals surface area contributed by atoms with E-state index >= 15 is 0 Å². The van der Waals surface area contributed by atoms with Crippen LogP contribution >= 0.6 is 0 Å². The minimum absolute atomic E-state index is 0.149. The normalized spacial score (nSPS) is 12.6. The van der Waals surface area contributed by atoms with Crippen molar-refractivity contribution >= 4 is 5.91 Å². The molecule has 1 aromatic carbocycles. The molecule has 1 amide bonds. The standard InChI is InChI=1S/C16H12F3N5O2/c1-9(10-5-3-2-4-6-10)22-14(25)11-7-20-12(21-8-11)13-23-15(26-24-13)16(17,18)19/h2-9H,1H3,(H,22,25). The predicted molar refractivity (Wildman–Crippen MR) is 82.6 cm³/mol. The van der Waals surface area contributed by atoms with Crippen molar-refractivity contribution in [3.63, 3.8) is 0 Å². The zero-order chi connectivity index (χ0) is 18.7. The number of nitrogens with zero attached hydrogens (tertiary/aromatic N) is 4. The summed E-state index contributed by atoms with van der Waals surface area (Å²) in [5.74, 6) is -2.51. The van der Waals surface area contributed by atoms with Crippen LogP contribution in [0.2, 0.25) is 0 Å². The smallest absolute Gasteiger partial charge is 0.345 e. The van der Waals surface area contributed by atoms with Crippen LogP contribution in [0.1, 0.15) is 34.8 Å². The van der Waals surface area contributed by atoms with Gasteiger partial charge in [-0.05, 0) is 12.5 Å². The van der Waals surface area contributed by atoms with E-state index in [2.05, 4.69) is 29.9 Å². The van der Waals surface area contributed by atoms with Crippen LogP contribution in [0.5, 0.6) is 0 Å². The number of carbonyl (C=O) groups excluding carboxylic acids is 1. The predicted octanol–water partition coefficient (Wildman–Crippen LogP) is 3.04. The Hall–Kier alpha value is -3.30. The molecule has 0 saturated carbocycles. The average Bonchev–Trinajstić information content (AvgIpc) is 3.13. The van der Waals surface area contributed by atoms with Gasteiger partial charge in [-0.15, -0.1) is 0 Å². The molecule has 2 heterocycles. The summed E-state index contributed by atoms with van der Waals surface area (Å²) in [5, 5.41) is 5.96. The monoisotopic (exact) mass is 363 g/mol. The Bertz CT molecular complexity index is 894. The van der Waals surface area contributed by atoms with Crippen LogP contribution in [-0.4, -0.2) is 26.0 Å². The van der Waals surface area contributed by atoms with Crippen molar-refractivity contribution in [1.82, 2.24) is 25.4 Å². The number of aromatic nitrogens is 4. The lowest BCUT2D eigenvalue weighted by molar-refractivity contribution is -0.159. The van der Waals surface area contributed by atoms with E-state index < -0.39 is 23.8 Å². The van der Waals surface area contributed by atoms with Crippen molar-refractivity contribution < 1.29 is 22.5 Å². The van der Waals surface area contributed by atoms with Crippen LogP contribution in [0.3, 0.4) is 0 Å². The fourth-order valence-electron chi connectivity index (χ4n) is 2.10. The summed E-state index contributed by atoms with van der Waals surface area (Å²) in [7, 11) is 0. The molecule has 0 radical (unpaired) electrons. The van der Waals surface area contributed by atoms with Crippen molar-refractivity contribution in [3.8, 4) is 11.6 Å². The van der Waals surface area contributed by atoms with Gasteiger partial charge >= 0.3 is 12.1 Å². The third-order valence-electron chi connectivity index (χ3n) is 3.43. The molecule has 26 heavy (non-hydrogen) atoms. The maximum absolute atomic E-state index is 12.5. The van der Waals surface area contributed by atoms with Gasteiger partial charge in [0, 0.05) is 12.4 Å². The molecular formula is C16H12F3N5O2. The summed E-state index contributed by atoms with van der Waals surface area (Å²) in [6.45, 7) is 1.82. The molecule has 10 heteroatoms. The third-order valence-corrected chi connectivity index (χ3v) is 3.43. The Morgan fingerprint density at radius 2 is 1.77 bits per heavy atom. The molecule has 0 aliphatic carbocycles. The van der Waals surface area contributed by atoms with Crippen LogP contribution in [-0.2, 0) is 6.18 Å². The second-order valence-electron chi connectivity index (χ2n) is 5.32. The molecule has 134 valence electrons. The lowest BCUT2D eigenvalue weighted by atomic mass is 10.1. The zero-order valence-electron chi connectivity index (χ0n) is 13.4. The Morgan fingerprint density at radius 3 is 2.35 bits per heavy atom. The van der Waals surface area contributed by atoms with Crippen molar-refractivity contribution in [1.29, 1.82) is 0 Å². The van der Waals surface area contributed by atoms with Gasteiger partial charge in [0.25, 0.3) is 5.91 Å². The van der Waals surface area contributed by atoms with Gasteiger partial charge in [0.1, 0.15) is 0 Å². The van der Waals surface area contributed by atoms with E-state index in [-0.39, 0.29) is 17.4 Å². The van der Waals surface area contributed by atoms with E-state index in [0.29, 0.717) is 0 Å². The van der Waals surface area contributed by atoms with Crippen molar-refractivity contribution in [2.45, 2.75) is 19.1 Å². The molecule has 0 saturated heterocycles. The minimum atomic E-state index is -4.75. The molecule has 2 aromatic heterocycles. The molecule has 1 atom stereocenters. The topological polar surface area (TPSA) is 93.8 Å². The highest BCUT2D eigenvalue weighted by Crippen LogP contribution is 2.28. The first-order valence-electron chi connectivity index (χ1n) is 7.43. The van der Waals surface area contributed by atoms with E-state index in [0.717, 1.165) is 5.56 Å². The Morgan fingerprint density at radius 1 is 1.12 bits per heavy atom. The molecule has 7 nitrogen and oxygen atoms in total. The van der Waals surface area contributed by atoms with E-state index in [1.165, 1.54) is 12.4 Å². The Balaban J connectivity index is 1.71. The number of nitrogens with one attached hydrogen (secondary N) is 1. The largest absolute Gasteiger partial charge is 0.471 e. The second kappa shape index (κ2) is 6.90. The van der Waals surface area contributed by atoms with Crippen molar-refractivity contribution in [3.05, 3.63) is 59.7 Å².